The summed E-state index contributed by atoms with van der Waals surface area (Å²) in [5.74, 6) is 1.65. The molecule has 28 heavy (non-hydrogen) atoms. The van der Waals surface area contributed by atoms with Crippen molar-refractivity contribution in [1.29, 1.82) is 0 Å². The van der Waals surface area contributed by atoms with Crippen LogP contribution in [0.2, 0.25) is 0 Å². The number of pyridine rings is 1. The molecule has 6 nitrogen and oxygen atoms in total. The maximum atomic E-state index is 11.3. The Balaban J connectivity index is 1.66. The molecular formula is C22H28N4O2. The van der Waals surface area contributed by atoms with Crippen LogP contribution in [-0.2, 0) is 4.79 Å². The van der Waals surface area contributed by atoms with Crippen LogP contribution in [0.15, 0.2) is 36.5 Å². The van der Waals surface area contributed by atoms with Gasteiger partial charge in [-0.05, 0) is 25.0 Å². The van der Waals surface area contributed by atoms with Gasteiger partial charge in [0.1, 0.15) is 11.6 Å². The number of methoxy groups -OCH3 is 1. The molecule has 0 saturated heterocycles. The maximum absolute atomic E-state index is 11.3. The van der Waals surface area contributed by atoms with E-state index in [9.17, 15) is 4.79 Å². The van der Waals surface area contributed by atoms with Gasteiger partial charge in [-0.25, -0.2) is 9.97 Å². The highest BCUT2D eigenvalue weighted by atomic mass is 16.5. The lowest BCUT2D eigenvalue weighted by molar-refractivity contribution is -0.118. The summed E-state index contributed by atoms with van der Waals surface area (Å²) in [5, 5.41) is 1.04. The fourth-order valence-corrected chi connectivity index (χ4v) is 3.29. The second-order valence-corrected chi connectivity index (χ2v) is 7.02. The van der Waals surface area contributed by atoms with E-state index in [2.05, 4.69) is 21.0 Å². The highest BCUT2D eigenvalue weighted by Crippen LogP contribution is 2.31. The lowest BCUT2D eigenvalue weighted by Crippen LogP contribution is -2.12. The molecule has 0 aliphatic rings. The second kappa shape index (κ2) is 9.46. The molecule has 0 bridgehead atoms. The number of ketones is 1. The summed E-state index contributed by atoms with van der Waals surface area (Å²) in [5.41, 5.74) is 8.91. The normalized spacial score (nSPS) is 12.2. The molecule has 1 aromatic carbocycles. The van der Waals surface area contributed by atoms with Gasteiger partial charge in [-0.2, -0.15) is 0 Å². The summed E-state index contributed by atoms with van der Waals surface area (Å²) in [6, 6.07) is 9.83. The average molecular weight is 380 g/mol. The zero-order valence-electron chi connectivity index (χ0n) is 16.6. The lowest BCUT2D eigenvalue weighted by atomic mass is 10.1. The minimum atomic E-state index is -0.157. The number of imidazole rings is 1. The molecule has 0 amide bonds. The van der Waals surface area contributed by atoms with Crippen molar-refractivity contribution in [1.82, 2.24) is 15.0 Å². The predicted octanol–water partition coefficient (Wildman–Crippen LogP) is 4.56. The fraction of sp³-hybridized carbons (Fsp3) is 0.409. The molecule has 3 aromatic rings. The quantitative estimate of drug-likeness (QED) is 0.503. The van der Waals surface area contributed by atoms with Crippen LogP contribution in [0.25, 0.3) is 22.2 Å². The summed E-state index contributed by atoms with van der Waals surface area (Å²) in [4.78, 5) is 23.7. The highest BCUT2D eigenvalue weighted by molar-refractivity contribution is 5.85. The molecule has 148 valence electrons. The van der Waals surface area contributed by atoms with Crippen LogP contribution in [0.1, 0.15) is 57.3 Å². The van der Waals surface area contributed by atoms with Crippen molar-refractivity contribution in [3.8, 4) is 17.1 Å². The third kappa shape index (κ3) is 4.75. The van der Waals surface area contributed by atoms with Gasteiger partial charge in [-0.3, -0.25) is 4.79 Å². The Morgan fingerprint density at radius 2 is 2.07 bits per heavy atom. The standard InChI is InChI=1S/C22H28N4O2/c1-3-16(27)10-5-4-6-11-18(23)21-24-14-20(25-21)17-13-15-9-7-8-12-19(15)26-22(17)28-2/h7-9,12-14,18H,3-6,10-11,23H2,1-2H3,(H,24,25). The molecule has 0 radical (unpaired) electrons. The Morgan fingerprint density at radius 3 is 2.86 bits per heavy atom. The number of nitrogens with two attached hydrogens (primary N) is 1. The molecule has 0 fully saturated rings. The minimum Gasteiger partial charge on any atom is -0.480 e. The number of para-hydroxylation sites is 1. The summed E-state index contributed by atoms with van der Waals surface area (Å²) in [6.45, 7) is 1.91. The van der Waals surface area contributed by atoms with E-state index < -0.39 is 0 Å². The number of rotatable bonds is 10. The maximum Gasteiger partial charge on any atom is 0.223 e. The number of benzene rings is 1. The van der Waals surface area contributed by atoms with E-state index in [1.54, 1.807) is 13.3 Å². The number of nitrogens with zero attached hydrogens (tertiary/aromatic N) is 2. The van der Waals surface area contributed by atoms with Crippen molar-refractivity contribution in [3.63, 3.8) is 0 Å². The van der Waals surface area contributed by atoms with Gasteiger partial charge < -0.3 is 15.5 Å². The Labute approximate surface area is 165 Å². The van der Waals surface area contributed by atoms with Crippen LogP contribution in [0.3, 0.4) is 0 Å². The topological polar surface area (TPSA) is 93.9 Å². The fourth-order valence-electron chi connectivity index (χ4n) is 3.29. The first-order valence-electron chi connectivity index (χ1n) is 9.88. The number of H-pyrrole nitrogens is 1. The van der Waals surface area contributed by atoms with Crippen molar-refractivity contribution >= 4 is 16.7 Å². The van der Waals surface area contributed by atoms with Gasteiger partial charge in [0.2, 0.25) is 5.88 Å². The zero-order chi connectivity index (χ0) is 19.9. The Hall–Kier alpha value is -2.73. The molecule has 2 aromatic heterocycles. The molecule has 1 atom stereocenters. The number of fused-ring (bicyclic) bond motifs is 1. The molecule has 0 saturated carbocycles. The van der Waals surface area contributed by atoms with Crippen LogP contribution >= 0.6 is 0 Å². The third-order valence-corrected chi connectivity index (χ3v) is 4.98. The average Bonchev–Trinajstić information content (AvgIpc) is 3.22. The predicted molar refractivity (Wildman–Crippen MR) is 111 cm³/mol. The van der Waals surface area contributed by atoms with Crippen LogP contribution < -0.4 is 10.5 Å². The first-order valence-corrected chi connectivity index (χ1v) is 9.88. The number of hydrogen-bond acceptors (Lipinski definition) is 5. The van der Waals surface area contributed by atoms with E-state index in [0.29, 0.717) is 24.5 Å². The number of hydrogen-bond donors (Lipinski definition) is 2. The Kier molecular flexibility index (Phi) is 6.76. The summed E-state index contributed by atoms with van der Waals surface area (Å²) in [6.07, 6.45) is 6.84. The highest BCUT2D eigenvalue weighted by Gasteiger charge is 2.15. The van der Waals surface area contributed by atoms with E-state index in [1.165, 1.54) is 0 Å². The van der Waals surface area contributed by atoms with Crippen LogP contribution in [-0.4, -0.2) is 27.8 Å². The van der Waals surface area contributed by atoms with Gasteiger partial charge in [0.05, 0.1) is 36.1 Å². The Bertz CT molecular complexity index is 935. The van der Waals surface area contributed by atoms with Gasteiger partial charge in [0.15, 0.2) is 0 Å². The molecule has 3 N–H and O–H groups in total. The minimum absolute atomic E-state index is 0.157. The van der Waals surface area contributed by atoms with Gasteiger partial charge in [0, 0.05) is 18.2 Å². The monoisotopic (exact) mass is 380 g/mol. The Morgan fingerprint density at radius 1 is 1.25 bits per heavy atom. The first kappa shape index (κ1) is 20.0. The van der Waals surface area contributed by atoms with Gasteiger partial charge >= 0.3 is 0 Å². The smallest absolute Gasteiger partial charge is 0.223 e. The SMILES string of the molecule is CCC(=O)CCCCCC(N)c1ncc(-c2cc3ccccc3nc2OC)[nH]1. The van der Waals surface area contributed by atoms with Crippen molar-refractivity contribution in [2.24, 2.45) is 5.73 Å². The van der Waals surface area contributed by atoms with E-state index in [0.717, 1.165) is 53.7 Å². The van der Waals surface area contributed by atoms with Crippen LogP contribution in [0, 0.1) is 0 Å². The largest absolute Gasteiger partial charge is 0.480 e. The lowest BCUT2D eigenvalue weighted by Gasteiger charge is -2.10. The summed E-state index contributed by atoms with van der Waals surface area (Å²) in [7, 11) is 1.62. The molecular weight excluding hydrogens is 352 g/mol. The van der Waals surface area contributed by atoms with Crippen molar-refractivity contribution < 1.29 is 9.53 Å². The van der Waals surface area contributed by atoms with Crippen molar-refractivity contribution in [3.05, 3.63) is 42.4 Å². The van der Waals surface area contributed by atoms with Crippen LogP contribution in [0.4, 0.5) is 0 Å². The number of ether oxygens (including phenoxy) is 1. The number of carbonyl (C=O) groups is 1. The van der Waals surface area contributed by atoms with Gasteiger partial charge in [-0.15, -0.1) is 0 Å². The molecule has 2 heterocycles. The number of nitrogens with one attached hydrogen (secondary N) is 1. The molecule has 0 aliphatic heterocycles. The first-order chi connectivity index (χ1) is 13.6. The summed E-state index contributed by atoms with van der Waals surface area (Å²) >= 11 is 0. The molecule has 6 heteroatoms. The number of aromatic amines is 1. The van der Waals surface area contributed by atoms with Crippen LogP contribution in [0.5, 0.6) is 5.88 Å². The molecule has 0 spiro atoms. The van der Waals surface area contributed by atoms with Gasteiger partial charge in [0.25, 0.3) is 0 Å². The van der Waals surface area contributed by atoms with E-state index in [4.69, 9.17) is 10.5 Å². The number of Topliss-reactive ketones (excluding diaryl/α,β-unsaturated/α-hetero) is 1. The van der Waals surface area contributed by atoms with Gasteiger partial charge in [-0.1, -0.05) is 38.0 Å². The van der Waals surface area contributed by atoms with E-state index in [1.807, 2.05) is 31.2 Å². The summed E-state index contributed by atoms with van der Waals surface area (Å²) < 4.78 is 5.48. The van der Waals surface area contributed by atoms with Crippen molar-refractivity contribution in [2.75, 3.05) is 7.11 Å². The number of aromatic nitrogens is 3. The van der Waals surface area contributed by atoms with E-state index >= 15 is 0 Å². The zero-order valence-corrected chi connectivity index (χ0v) is 16.6. The number of carbonyl (C=O) groups excluding carboxylic acids is 1. The van der Waals surface area contributed by atoms with E-state index in [-0.39, 0.29) is 6.04 Å². The molecule has 1 unspecified atom stereocenters. The molecule has 0 aliphatic carbocycles. The molecule has 3 rings (SSSR count). The number of unbranched alkanes of at least 4 members (excludes halogenated alkanes) is 2. The van der Waals surface area contributed by atoms with Crippen molar-refractivity contribution in [2.45, 2.75) is 51.5 Å². The third-order valence-electron chi connectivity index (χ3n) is 4.98. The second-order valence-electron chi connectivity index (χ2n) is 7.02.